The number of hydrogen-bond donors (Lipinski definition) is 0. The van der Waals surface area contributed by atoms with Gasteiger partial charge >= 0.3 is 12.1 Å². The molecule has 0 saturated heterocycles. The molecule has 0 N–H and O–H groups in total. The van der Waals surface area contributed by atoms with Crippen LogP contribution in [-0.4, -0.2) is 18.4 Å². The zero-order valence-electron chi connectivity index (χ0n) is 11.5. The van der Waals surface area contributed by atoms with Crippen molar-refractivity contribution in [1.82, 2.24) is 0 Å². The highest BCUT2D eigenvalue weighted by molar-refractivity contribution is 5.72. The third kappa shape index (κ3) is 4.99. The van der Waals surface area contributed by atoms with Gasteiger partial charge < -0.3 is 14.2 Å². The van der Waals surface area contributed by atoms with E-state index in [-0.39, 0.29) is 5.92 Å². The van der Waals surface area contributed by atoms with Crippen LogP contribution in [-0.2, 0) is 14.3 Å². The molecular formula is C14H18O5. The summed E-state index contributed by atoms with van der Waals surface area (Å²) in [5.41, 5.74) is 0.811. The van der Waals surface area contributed by atoms with E-state index >= 15 is 0 Å². The molecule has 0 saturated carbocycles. The van der Waals surface area contributed by atoms with Gasteiger partial charge in [0, 0.05) is 6.92 Å². The first kappa shape index (κ1) is 15.0. The fourth-order valence-corrected chi connectivity index (χ4v) is 1.24. The number of aryl methyl sites for hydroxylation is 1. The van der Waals surface area contributed by atoms with Gasteiger partial charge in [0.2, 0.25) is 6.29 Å². The van der Waals surface area contributed by atoms with Crippen LogP contribution >= 0.6 is 0 Å². The second-order valence-corrected chi connectivity index (χ2v) is 4.39. The van der Waals surface area contributed by atoms with E-state index < -0.39 is 18.4 Å². The Hall–Kier alpha value is -2.04. The standard InChI is InChI=1S/C14H18O5/c1-9(2)13(15)17-11(4)18-14(16)19-12-8-6-5-7-10(12)3/h5-9,11H,1-4H3/t11-/m1/s1. The number of benzene rings is 1. The van der Waals surface area contributed by atoms with Gasteiger partial charge in [-0.25, -0.2) is 4.79 Å². The maximum Gasteiger partial charge on any atom is 0.516 e. The van der Waals surface area contributed by atoms with Crippen molar-refractivity contribution in [1.29, 1.82) is 0 Å². The van der Waals surface area contributed by atoms with E-state index in [0.29, 0.717) is 5.75 Å². The maximum absolute atomic E-state index is 11.5. The van der Waals surface area contributed by atoms with Crippen molar-refractivity contribution >= 4 is 12.1 Å². The first-order valence-corrected chi connectivity index (χ1v) is 6.04. The van der Waals surface area contributed by atoms with Crippen molar-refractivity contribution in [3.05, 3.63) is 29.8 Å². The number of rotatable bonds is 4. The van der Waals surface area contributed by atoms with Crippen LogP contribution < -0.4 is 4.74 Å². The third-order valence-corrected chi connectivity index (χ3v) is 2.30. The van der Waals surface area contributed by atoms with Crippen LogP contribution in [0.3, 0.4) is 0 Å². The molecule has 0 heterocycles. The zero-order valence-corrected chi connectivity index (χ0v) is 11.5. The molecule has 5 heteroatoms. The number of carbonyl (C=O) groups is 2. The number of hydrogen-bond acceptors (Lipinski definition) is 5. The van der Waals surface area contributed by atoms with E-state index in [1.165, 1.54) is 6.92 Å². The molecule has 1 atom stereocenters. The van der Waals surface area contributed by atoms with Gasteiger partial charge in [-0.15, -0.1) is 0 Å². The highest BCUT2D eigenvalue weighted by Crippen LogP contribution is 2.17. The summed E-state index contributed by atoms with van der Waals surface area (Å²) in [4.78, 5) is 22.8. The second kappa shape index (κ2) is 6.78. The van der Waals surface area contributed by atoms with Crippen LogP contribution in [0.25, 0.3) is 0 Å². The molecule has 19 heavy (non-hydrogen) atoms. The van der Waals surface area contributed by atoms with E-state index in [2.05, 4.69) is 0 Å². The maximum atomic E-state index is 11.5. The fourth-order valence-electron chi connectivity index (χ4n) is 1.24. The van der Waals surface area contributed by atoms with Crippen LogP contribution in [0.2, 0.25) is 0 Å². The van der Waals surface area contributed by atoms with Crippen LogP contribution in [0.1, 0.15) is 26.3 Å². The molecule has 0 aliphatic rings. The number of ether oxygens (including phenoxy) is 3. The van der Waals surface area contributed by atoms with Crippen molar-refractivity contribution in [2.75, 3.05) is 0 Å². The first-order chi connectivity index (χ1) is 8.90. The number of esters is 1. The van der Waals surface area contributed by atoms with Crippen LogP contribution in [0.15, 0.2) is 24.3 Å². The van der Waals surface area contributed by atoms with Gasteiger partial charge in [0.25, 0.3) is 0 Å². The molecule has 0 spiro atoms. The molecule has 0 radical (unpaired) electrons. The van der Waals surface area contributed by atoms with Gasteiger partial charge in [-0.3, -0.25) is 4.79 Å². The minimum absolute atomic E-state index is 0.279. The minimum Gasteiger partial charge on any atom is -0.425 e. The topological polar surface area (TPSA) is 61.8 Å². The Morgan fingerprint density at radius 2 is 1.68 bits per heavy atom. The normalized spacial score (nSPS) is 11.8. The van der Waals surface area contributed by atoms with E-state index in [0.717, 1.165) is 5.56 Å². The summed E-state index contributed by atoms with van der Waals surface area (Å²) >= 11 is 0. The summed E-state index contributed by atoms with van der Waals surface area (Å²) in [6.45, 7) is 6.66. The average molecular weight is 266 g/mol. The van der Waals surface area contributed by atoms with E-state index in [1.54, 1.807) is 26.0 Å². The summed E-state index contributed by atoms with van der Waals surface area (Å²) in [6.07, 6.45) is -1.88. The van der Waals surface area contributed by atoms with Crippen LogP contribution in [0.5, 0.6) is 5.75 Å². The Bertz CT molecular complexity index is 453. The highest BCUT2D eigenvalue weighted by Gasteiger charge is 2.18. The summed E-state index contributed by atoms with van der Waals surface area (Å²) in [7, 11) is 0. The Kier molecular flexibility index (Phi) is 5.36. The first-order valence-electron chi connectivity index (χ1n) is 6.04. The molecule has 1 aromatic rings. The lowest BCUT2D eigenvalue weighted by molar-refractivity contribution is -0.170. The predicted molar refractivity (Wildman–Crippen MR) is 68.7 cm³/mol. The molecule has 104 valence electrons. The Morgan fingerprint density at radius 3 is 2.26 bits per heavy atom. The molecule has 0 aliphatic heterocycles. The minimum atomic E-state index is -0.980. The number of para-hydroxylation sites is 1. The molecular weight excluding hydrogens is 248 g/mol. The number of carbonyl (C=O) groups excluding carboxylic acids is 2. The van der Waals surface area contributed by atoms with E-state index in [1.807, 2.05) is 19.1 Å². The molecule has 0 unspecified atom stereocenters. The quantitative estimate of drug-likeness (QED) is 0.476. The SMILES string of the molecule is Cc1ccccc1OC(=O)O[C@H](C)OC(=O)C(C)C. The summed E-state index contributed by atoms with van der Waals surface area (Å²) in [6, 6.07) is 7.05. The monoisotopic (exact) mass is 266 g/mol. The summed E-state index contributed by atoms with van der Waals surface area (Å²) < 4.78 is 14.7. The van der Waals surface area contributed by atoms with E-state index in [4.69, 9.17) is 14.2 Å². The molecule has 0 amide bonds. The Balaban J connectivity index is 2.48. The Labute approximate surface area is 112 Å². The molecule has 1 aromatic carbocycles. The van der Waals surface area contributed by atoms with Gasteiger partial charge in [0.15, 0.2) is 0 Å². The molecule has 1 rings (SSSR count). The smallest absolute Gasteiger partial charge is 0.425 e. The van der Waals surface area contributed by atoms with Gasteiger partial charge in [0.1, 0.15) is 5.75 Å². The molecule has 0 aliphatic carbocycles. The lowest BCUT2D eigenvalue weighted by Gasteiger charge is -2.15. The second-order valence-electron chi connectivity index (χ2n) is 4.39. The zero-order chi connectivity index (χ0) is 14.4. The van der Waals surface area contributed by atoms with Gasteiger partial charge in [-0.2, -0.15) is 0 Å². The lowest BCUT2D eigenvalue weighted by Crippen LogP contribution is -2.25. The fraction of sp³-hybridized carbons (Fsp3) is 0.429. The molecule has 0 bridgehead atoms. The van der Waals surface area contributed by atoms with E-state index in [9.17, 15) is 9.59 Å². The van der Waals surface area contributed by atoms with Crippen LogP contribution in [0.4, 0.5) is 4.79 Å². The van der Waals surface area contributed by atoms with Crippen molar-refractivity contribution < 1.29 is 23.8 Å². The largest absolute Gasteiger partial charge is 0.516 e. The lowest BCUT2D eigenvalue weighted by atomic mass is 10.2. The van der Waals surface area contributed by atoms with Gasteiger partial charge in [-0.1, -0.05) is 32.0 Å². The predicted octanol–water partition coefficient (Wildman–Crippen LogP) is 3.06. The molecule has 0 fully saturated rings. The van der Waals surface area contributed by atoms with Crippen molar-refractivity contribution in [2.24, 2.45) is 5.92 Å². The van der Waals surface area contributed by atoms with Crippen LogP contribution in [0, 0.1) is 12.8 Å². The molecule has 0 aromatic heterocycles. The Morgan fingerprint density at radius 1 is 1.05 bits per heavy atom. The van der Waals surface area contributed by atoms with Gasteiger partial charge in [-0.05, 0) is 18.6 Å². The summed E-state index contributed by atoms with van der Waals surface area (Å²) in [5, 5.41) is 0. The van der Waals surface area contributed by atoms with Gasteiger partial charge in [0.05, 0.1) is 5.92 Å². The average Bonchev–Trinajstić information content (AvgIpc) is 2.31. The van der Waals surface area contributed by atoms with Crippen molar-refractivity contribution in [3.8, 4) is 5.75 Å². The third-order valence-electron chi connectivity index (χ3n) is 2.30. The highest BCUT2D eigenvalue weighted by atomic mass is 16.8. The summed E-state index contributed by atoms with van der Waals surface area (Å²) in [5.74, 6) is -0.301. The molecule has 5 nitrogen and oxygen atoms in total. The van der Waals surface area contributed by atoms with Crippen molar-refractivity contribution in [2.45, 2.75) is 34.0 Å². The van der Waals surface area contributed by atoms with Crippen molar-refractivity contribution in [3.63, 3.8) is 0 Å².